The standard InChI is InChI=1S/C14H20BrFN2O3S.ClH/c1-21-10-14(4-6-17-7-5-14)9-18-22(19,20)13-3-2-11(15)8-12(13)16;/h2-3,8,17-18H,4-7,9-10H2,1H3;1H. The molecule has 0 unspecified atom stereocenters. The number of ether oxygens (including phenoxy) is 1. The average Bonchev–Trinajstić information content (AvgIpc) is 2.46. The molecule has 0 atom stereocenters. The van der Waals surface area contributed by atoms with Crippen LogP contribution in [0.5, 0.6) is 0 Å². The molecule has 0 aliphatic carbocycles. The van der Waals surface area contributed by atoms with E-state index >= 15 is 0 Å². The number of sulfonamides is 1. The number of methoxy groups -OCH3 is 1. The number of piperidine rings is 1. The van der Waals surface area contributed by atoms with E-state index in [4.69, 9.17) is 4.74 Å². The fourth-order valence-electron chi connectivity index (χ4n) is 2.65. The lowest BCUT2D eigenvalue weighted by molar-refractivity contribution is 0.0577. The van der Waals surface area contributed by atoms with Gasteiger partial charge in [0.15, 0.2) is 0 Å². The fourth-order valence-corrected chi connectivity index (χ4v) is 4.20. The van der Waals surface area contributed by atoms with Crippen molar-refractivity contribution in [3.63, 3.8) is 0 Å². The maximum absolute atomic E-state index is 13.9. The van der Waals surface area contributed by atoms with Crippen LogP contribution in [-0.2, 0) is 14.8 Å². The summed E-state index contributed by atoms with van der Waals surface area (Å²) in [6, 6.07) is 3.91. The molecule has 2 N–H and O–H groups in total. The molecule has 0 saturated carbocycles. The molecule has 0 amide bonds. The van der Waals surface area contributed by atoms with Gasteiger partial charge in [-0.05, 0) is 44.1 Å². The molecular weight excluding hydrogens is 411 g/mol. The highest BCUT2D eigenvalue weighted by Gasteiger charge is 2.34. The van der Waals surface area contributed by atoms with Gasteiger partial charge in [0, 0.05) is 23.5 Å². The molecule has 0 bridgehead atoms. The number of hydrogen-bond acceptors (Lipinski definition) is 4. The summed E-state index contributed by atoms with van der Waals surface area (Å²) in [6.45, 7) is 2.34. The molecule has 0 spiro atoms. The summed E-state index contributed by atoms with van der Waals surface area (Å²) in [5.41, 5.74) is -0.251. The molecule has 0 radical (unpaired) electrons. The molecule has 1 heterocycles. The lowest BCUT2D eigenvalue weighted by Crippen LogP contribution is -2.47. The van der Waals surface area contributed by atoms with E-state index < -0.39 is 15.8 Å². The minimum Gasteiger partial charge on any atom is -0.384 e. The third-order valence-corrected chi connectivity index (χ3v) is 5.86. The number of hydrogen-bond donors (Lipinski definition) is 2. The summed E-state index contributed by atoms with van der Waals surface area (Å²) >= 11 is 3.11. The van der Waals surface area contributed by atoms with Crippen LogP contribution in [0, 0.1) is 11.2 Å². The van der Waals surface area contributed by atoms with Gasteiger partial charge < -0.3 is 10.1 Å². The Labute approximate surface area is 151 Å². The van der Waals surface area contributed by atoms with Gasteiger partial charge in [-0.15, -0.1) is 12.4 Å². The minimum absolute atomic E-state index is 0. The van der Waals surface area contributed by atoms with E-state index in [0.717, 1.165) is 32.0 Å². The van der Waals surface area contributed by atoms with Gasteiger partial charge in [-0.3, -0.25) is 0 Å². The first-order valence-corrected chi connectivity index (χ1v) is 9.31. The first kappa shape index (κ1) is 20.8. The van der Waals surface area contributed by atoms with Gasteiger partial charge in [-0.25, -0.2) is 17.5 Å². The first-order valence-electron chi connectivity index (χ1n) is 7.03. The van der Waals surface area contributed by atoms with Gasteiger partial charge in [0.25, 0.3) is 0 Å². The molecule has 9 heteroatoms. The topological polar surface area (TPSA) is 67.4 Å². The Morgan fingerprint density at radius 3 is 2.61 bits per heavy atom. The number of halogens is 3. The molecule has 1 aromatic rings. The zero-order valence-corrected chi connectivity index (χ0v) is 16.0. The van der Waals surface area contributed by atoms with E-state index in [2.05, 4.69) is 26.0 Å². The average molecular weight is 432 g/mol. The van der Waals surface area contributed by atoms with E-state index in [1.165, 1.54) is 12.1 Å². The highest BCUT2D eigenvalue weighted by Crippen LogP contribution is 2.29. The first-order chi connectivity index (χ1) is 10.4. The van der Waals surface area contributed by atoms with E-state index in [1.54, 1.807) is 7.11 Å². The van der Waals surface area contributed by atoms with E-state index in [-0.39, 0.29) is 29.3 Å². The van der Waals surface area contributed by atoms with Crippen LogP contribution in [0.1, 0.15) is 12.8 Å². The van der Waals surface area contributed by atoms with Gasteiger partial charge >= 0.3 is 0 Å². The molecule has 0 aromatic heterocycles. The predicted molar refractivity (Wildman–Crippen MR) is 92.9 cm³/mol. The molecule has 2 rings (SSSR count). The molecule has 23 heavy (non-hydrogen) atoms. The lowest BCUT2D eigenvalue weighted by Gasteiger charge is -2.37. The van der Waals surface area contributed by atoms with Crippen molar-refractivity contribution in [2.75, 3.05) is 33.4 Å². The molecule has 1 saturated heterocycles. The maximum Gasteiger partial charge on any atom is 0.243 e. The Hall–Kier alpha value is -0.250. The Balaban J connectivity index is 0.00000264. The summed E-state index contributed by atoms with van der Waals surface area (Å²) in [4.78, 5) is -0.336. The van der Waals surface area contributed by atoms with Crippen molar-refractivity contribution >= 4 is 38.4 Å². The zero-order valence-electron chi connectivity index (χ0n) is 12.8. The third kappa shape index (κ3) is 5.37. The van der Waals surface area contributed by atoms with Crippen LogP contribution in [0.2, 0.25) is 0 Å². The molecular formula is C14H21BrClFN2O3S. The molecule has 132 valence electrons. The van der Waals surface area contributed by atoms with Crippen LogP contribution in [0.25, 0.3) is 0 Å². The smallest absolute Gasteiger partial charge is 0.243 e. The zero-order chi connectivity index (χ0) is 16.2. The van der Waals surface area contributed by atoms with Crippen LogP contribution >= 0.6 is 28.3 Å². The van der Waals surface area contributed by atoms with Gasteiger partial charge in [0.2, 0.25) is 10.0 Å². The van der Waals surface area contributed by atoms with Crippen LogP contribution in [0.15, 0.2) is 27.6 Å². The van der Waals surface area contributed by atoms with Crippen LogP contribution in [-0.4, -0.2) is 41.8 Å². The summed E-state index contributed by atoms with van der Waals surface area (Å²) in [6.07, 6.45) is 1.62. The van der Waals surface area contributed by atoms with Crippen molar-refractivity contribution in [2.45, 2.75) is 17.7 Å². The van der Waals surface area contributed by atoms with E-state index in [0.29, 0.717) is 11.1 Å². The number of nitrogens with one attached hydrogen (secondary N) is 2. The van der Waals surface area contributed by atoms with Crippen molar-refractivity contribution in [3.05, 3.63) is 28.5 Å². The summed E-state index contributed by atoms with van der Waals surface area (Å²) in [7, 11) is -2.28. The number of rotatable bonds is 6. The van der Waals surface area contributed by atoms with Crippen LogP contribution in [0.3, 0.4) is 0 Å². The Kier molecular flexibility index (Phi) is 7.89. The summed E-state index contributed by atoms with van der Waals surface area (Å²) in [5, 5.41) is 3.24. The van der Waals surface area contributed by atoms with Gasteiger partial charge in [0.05, 0.1) is 6.61 Å². The Morgan fingerprint density at radius 2 is 2.04 bits per heavy atom. The highest BCUT2D eigenvalue weighted by molar-refractivity contribution is 9.10. The fraction of sp³-hybridized carbons (Fsp3) is 0.571. The maximum atomic E-state index is 13.9. The van der Waals surface area contributed by atoms with Crippen molar-refractivity contribution in [3.8, 4) is 0 Å². The molecule has 1 aromatic carbocycles. The predicted octanol–water partition coefficient (Wildman–Crippen LogP) is 2.30. The third-order valence-electron chi connectivity index (χ3n) is 3.94. The van der Waals surface area contributed by atoms with Crippen molar-refractivity contribution in [1.82, 2.24) is 10.0 Å². The second-order valence-corrected chi connectivity index (χ2v) is 8.23. The van der Waals surface area contributed by atoms with Crippen LogP contribution in [0.4, 0.5) is 4.39 Å². The molecule has 1 aliphatic rings. The van der Waals surface area contributed by atoms with E-state index in [1.807, 2.05) is 0 Å². The lowest BCUT2D eigenvalue weighted by atomic mass is 9.80. The van der Waals surface area contributed by atoms with Crippen molar-refractivity contribution in [1.29, 1.82) is 0 Å². The van der Waals surface area contributed by atoms with Gasteiger partial charge in [-0.1, -0.05) is 15.9 Å². The second-order valence-electron chi connectivity index (χ2n) is 5.58. The number of benzene rings is 1. The van der Waals surface area contributed by atoms with Crippen molar-refractivity contribution in [2.24, 2.45) is 5.41 Å². The van der Waals surface area contributed by atoms with E-state index in [9.17, 15) is 12.8 Å². The van der Waals surface area contributed by atoms with Gasteiger partial charge in [0.1, 0.15) is 10.7 Å². The van der Waals surface area contributed by atoms with Crippen LogP contribution < -0.4 is 10.0 Å². The second kappa shape index (κ2) is 8.73. The molecule has 1 aliphatic heterocycles. The highest BCUT2D eigenvalue weighted by atomic mass is 79.9. The quantitative estimate of drug-likeness (QED) is 0.725. The van der Waals surface area contributed by atoms with Crippen molar-refractivity contribution < 1.29 is 17.5 Å². The van der Waals surface area contributed by atoms with Gasteiger partial charge in [-0.2, -0.15) is 0 Å². The monoisotopic (exact) mass is 430 g/mol. The summed E-state index contributed by atoms with van der Waals surface area (Å²) < 4.78 is 46.8. The summed E-state index contributed by atoms with van der Waals surface area (Å²) in [5.74, 6) is -0.770. The SMILES string of the molecule is COCC1(CNS(=O)(=O)c2ccc(Br)cc2F)CCNCC1.Cl. The minimum atomic E-state index is -3.89. The Bertz CT molecular complexity index is 619. The largest absolute Gasteiger partial charge is 0.384 e. The molecule has 5 nitrogen and oxygen atoms in total. The molecule has 1 fully saturated rings. The normalized spacial score (nSPS) is 17.5. The Morgan fingerprint density at radius 1 is 1.39 bits per heavy atom.